The molecule has 12 heteroatoms. The number of methoxy groups -OCH3 is 3. The van der Waals surface area contributed by atoms with Gasteiger partial charge in [-0.3, -0.25) is 0 Å². The molecule has 12 nitrogen and oxygen atoms in total. The highest BCUT2D eigenvalue weighted by molar-refractivity contribution is 5.56. The first-order valence-electron chi connectivity index (χ1n) is 14.8. The maximum absolute atomic E-state index is 6.15. The summed E-state index contributed by atoms with van der Waals surface area (Å²) in [6.45, 7) is 4.95. The third kappa shape index (κ3) is 8.78. The first kappa shape index (κ1) is 32.9. The second-order valence-corrected chi connectivity index (χ2v) is 10.7. The maximum Gasteiger partial charge on any atom is 0.221 e. The number of aromatic nitrogens is 4. The lowest BCUT2D eigenvalue weighted by atomic mass is 10.0. The maximum atomic E-state index is 6.15. The van der Waals surface area contributed by atoms with E-state index in [0.29, 0.717) is 66.5 Å². The molecule has 6 N–H and O–H groups in total. The number of hydrogen-bond acceptors (Lipinski definition) is 12. The number of unbranched alkanes of at least 4 members (excludes halogenated alkanes) is 3. The molecule has 2 aromatic carbocycles. The minimum absolute atomic E-state index is 0.139. The van der Waals surface area contributed by atoms with E-state index >= 15 is 0 Å². The second kappa shape index (κ2) is 15.6. The number of nitrogen functional groups attached to an aromatic ring is 3. The third-order valence-electron chi connectivity index (χ3n) is 7.30. The van der Waals surface area contributed by atoms with Crippen LogP contribution in [0.5, 0.6) is 28.7 Å². The van der Waals surface area contributed by atoms with Crippen LogP contribution in [0.15, 0.2) is 36.7 Å². The Kier molecular flexibility index (Phi) is 11.4. The monoisotopic (exact) mass is 617 g/mol. The average molecular weight is 618 g/mol. The highest BCUT2D eigenvalue weighted by atomic mass is 16.5. The van der Waals surface area contributed by atoms with Crippen molar-refractivity contribution >= 4 is 17.6 Å². The lowest BCUT2D eigenvalue weighted by molar-refractivity contribution is 0.260. The molecule has 0 unspecified atom stereocenters. The van der Waals surface area contributed by atoms with Crippen LogP contribution in [0.3, 0.4) is 0 Å². The van der Waals surface area contributed by atoms with Crippen molar-refractivity contribution < 1.29 is 23.7 Å². The SMILES string of the molecule is COc1cc(Cc2cnc(C)nc2N)cc(C)c1OCCCCCCOc1c(OC)cc(Cc2cnc(N)nc2N)cc1OC. The van der Waals surface area contributed by atoms with Gasteiger partial charge >= 0.3 is 0 Å². The van der Waals surface area contributed by atoms with Crippen LogP contribution >= 0.6 is 0 Å². The van der Waals surface area contributed by atoms with E-state index in [1.54, 1.807) is 33.7 Å². The number of nitrogens with two attached hydrogens (primary N) is 3. The Balaban J connectivity index is 1.24. The molecule has 0 spiro atoms. The van der Waals surface area contributed by atoms with E-state index in [1.165, 1.54) is 0 Å². The molecule has 240 valence electrons. The summed E-state index contributed by atoms with van der Waals surface area (Å²) in [6.07, 6.45) is 8.26. The van der Waals surface area contributed by atoms with Crippen molar-refractivity contribution in [3.05, 3.63) is 70.3 Å². The fraction of sp³-hybridized carbons (Fsp3) is 0.394. The summed E-state index contributed by atoms with van der Waals surface area (Å²) >= 11 is 0. The van der Waals surface area contributed by atoms with Crippen LogP contribution in [0, 0.1) is 13.8 Å². The van der Waals surface area contributed by atoms with E-state index in [9.17, 15) is 0 Å². The lowest BCUT2D eigenvalue weighted by Crippen LogP contribution is -2.06. The van der Waals surface area contributed by atoms with Gasteiger partial charge < -0.3 is 40.9 Å². The Morgan fingerprint density at radius 1 is 0.600 bits per heavy atom. The fourth-order valence-electron chi connectivity index (χ4n) is 5.00. The Morgan fingerprint density at radius 3 is 1.62 bits per heavy atom. The van der Waals surface area contributed by atoms with Crippen LogP contribution in [-0.4, -0.2) is 54.5 Å². The molecule has 2 heterocycles. The third-order valence-corrected chi connectivity index (χ3v) is 7.30. The summed E-state index contributed by atoms with van der Waals surface area (Å²) in [4.78, 5) is 16.6. The van der Waals surface area contributed by atoms with Crippen LogP contribution in [0.4, 0.5) is 17.6 Å². The van der Waals surface area contributed by atoms with Crippen LogP contribution in [0.1, 0.15) is 59.3 Å². The van der Waals surface area contributed by atoms with Crippen molar-refractivity contribution in [3.8, 4) is 28.7 Å². The van der Waals surface area contributed by atoms with Crippen molar-refractivity contribution in [2.45, 2.75) is 52.4 Å². The van der Waals surface area contributed by atoms with E-state index in [4.69, 9.17) is 40.9 Å². The van der Waals surface area contributed by atoms with Gasteiger partial charge in [0.2, 0.25) is 11.7 Å². The Morgan fingerprint density at radius 2 is 1.09 bits per heavy atom. The topological polar surface area (TPSA) is 176 Å². The van der Waals surface area contributed by atoms with E-state index in [2.05, 4.69) is 26.0 Å². The van der Waals surface area contributed by atoms with Crippen molar-refractivity contribution in [2.75, 3.05) is 51.7 Å². The van der Waals surface area contributed by atoms with Gasteiger partial charge in [-0.1, -0.05) is 6.07 Å². The molecular formula is C33H43N7O5. The number of ether oxygens (including phenoxy) is 5. The molecule has 0 amide bonds. The van der Waals surface area contributed by atoms with E-state index in [-0.39, 0.29) is 5.95 Å². The van der Waals surface area contributed by atoms with Crippen LogP contribution in [-0.2, 0) is 12.8 Å². The number of hydrogen-bond donors (Lipinski definition) is 3. The van der Waals surface area contributed by atoms with Crippen LogP contribution in [0.2, 0.25) is 0 Å². The van der Waals surface area contributed by atoms with Crippen molar-refractivity contribution in [1.29, 1.82) is 0 Å². The van der Waals surface area contributed by atoms with Gasteiger partial charge in [-0.15, -0.1) is 0 Å². The highest BCUT2D eigenvalue weighted by Crippen LogP contribution is 2.39. The minimum atomic E-state index is 0.139. The summed E-state index contributed by atoms with van der Waals surface area (Å²) in [7, 11) is 4.85. The first-order valence-corrected chi connectivity index (χ1v) is 14.8. The number of anilines is 3. The van der Waals surface area contributed by atoms with Crippen LogP contribution in [0.25, 0.3) is 0 Å². The van der Waals surface area contributed by atoms with Crippen molar-refractivity contribution in [2.24, 2.45) is 0 Å². The molecule has 0 aliphatic rings. The predicted octanol–water partition coefficient (Wildman–Crippen LogP) is 4.86. The normalized spacial score (nSPS) is 10.9. The lowest BCUT2D eigenvalue weighted by Gasteiger charge is -2.17. The zero-order valence-corrected chi connectivity index (χ0v) is 26.7. The summed E-state index contributed by atoms with van der Waals surface area (Å²) in [6, 6.07) is 7.88. The molecule has 0 bridgehead atoms. The zero-order valence-electron chi connectivity index (χ0n) is 26.7. The Hall–Kier alpha value is -5.00. The molecule has 0 fully saturated rings. The molecule has 0 saturated heterocycles. The Labute approximate surface area is 264 Å². The van der Waals surface area contributed by atoms with Gasteiger partial charge in [0, 0.05) is 36.4 Å². The molecule has 0 radical (unpaired) electrons. The van der Waals surface area contributed by atoms with E-state index in [0.717, 1.165) is 59.3 Å². The zero-order chi connectivity index (χ0) is 32.3. The molecule has 0 saturated carbocycles. The van der Waals surface area contributed by atoms with Gasteiger partial charge in [0.1, 0.15) is 17.5 Å². The summed E-state index contributed by atoms with van der Waals surface area (Å²) in [5.41, 5.74) is 22.3. The van der Waals surface area contributed by atoms with Gasteiger partial charge in [-0.05, 0) is 74.4 Å². The number of rotatable bonds is 16. The van der Waals surface area contributed by atoms with E-state index < -0.39 is 0 Å². The van der Waals surface area contributed by atoms with Crippen LogP contribution < -0.4 is 40.9 Å². The molecule has 4 rings (SSSR count). The highest BCUT2D eigenvalue weighted by Gasteiger charge is 2.16. The summed E-state index contributed by atoms with van der Waals surface area (Å²) in [5.74, 6) is 4.82. The smallest absolute Gasteiger partial charge is 0.221 e. The number of nitrogens with zero attached hydrogens (tertiary/aromatic N) is 4. The standard InChI is InChI=1S/C33H43N7O5/c1-20-12-22(13-24-18-37-21(2)39-31(24)34)15-26(41-3)29(20)44-10-8-6-7-9-11-45-30-27(42-4)16-23(17-28(30)43-5)14-25-19-38-33(36)40-32(25)35/h12,15-19H,6-11,13-14H2,1-5H3,(H2,34,37,39)(H4,35,36,38,40). The Bertz CT molecular complexity index is 1570. The number of benzene rings is 2. The summed E-state index contributed by atoms with van der Waals surface area (Å²) in [5, 5.41) is 0. The quantitative estimate of drug-likeness (QED) is 0.146. The molecule has 2 aromatic heterocycles. The largest absolute Gasteiger partial charge is 0.493 e. The van der Waals surface area contributed by atoms with Gasteiger partial charge in [0.25, 0.3) is 0 Å². The molecule has 0 atom stereocenters. The molecule has 0 aliphatic heterocycles. The molecule has 4 aromatic rings. The average Bonchev–Trinajstić information content (AvgIpc) is 3.01. The van der Waals surface area contributed by atoms with Gasteiger partial charge in [0.15, 0.2) is 23.0 Å². The number of aryl methyl sites for hydroxylation is 2. The van der Waals surface area contributed by atoms with Gasteiger partial charge in [0.05, 0.1) is 34.5 Å². The molecule has 0 aliphatic carbocycles. The predicted molar refractivity (Wildman–Crippen MR) is 174 cm³/mol. The van der Waals surface area contributed by atoms with Crippen molar-refractivity contribution in [1.82, 2.24) is 19.9 Å². The summed E-state index contributed by atoms with van der Waals surface area (Å²) < 4.78 is 29.1. The first-order chi connectivity index (χ1) is 21.7. The molecular weight excluding hydrogens is 574 g/mol. The minimum Gasteiger partial charge on any atom is -0.493 e. The van der Waals surface area contributed by atoms with E-state index in [1.807, 2.05) is 32.0 Å². The fourth-order valence-corrected chi connectivity index (χ4v) is 5.00. The van der Waals surface area contributed by atoms with Crippen molar-refractivity contribution in [3.63, 3.8) is 0 Å². The molecule has 45 heavy (non-hydrogen) atoms. The second-order valence-electron chi connectivity index (χ2n) is 10.7. The van der Waals surface area contributed by atoms with Gasteiger partial charge in [-0.25, -0.2) is 15.0 Å². The van der Waals surface area contributed by atoms with Gasteiger partial charge in [-0.2, -0.15) is 4.98 Å².